The van der Waals surface area contributed by atoms with Crippen molar-refractivity contribution in [1.29, 1.82) is 0 Å². The lowest BCUT2D eigenvalue weighted by Crippen LogP contribution is -2.40. The average Bonchev–Trinajstić information content (AvgIpc) is 2.23. The summed E-state index contributed by atoms with van der Waals surface area (Å²) >= 11 is 0. The average molecular weight is 228 g/mol. The zero-order valence-electron chi connectivity index (χ0n) is 8.33. The Morgan fingerprint density at radius 3 is 2.88 bits per heavy atom. The Labute approximate surface area is 90.5 Å². The van der Waals surface area contributed by atoms with Crippen LogP contribution in [0.5, 0.6) is 0 Å². The van der Waals surface area contributed by atoms with Gasteiger partial charge in [-0.3, -0.25) is 4.79 Å². The van der Waals surface area contributed by atoms with Crippen LogP contribution in [0.25, 0.3) is 0 Å². The van der Waals surface area contributed by atoms with E-state index in [0.29, 0.717) is 0 Å². The summed E-state index contributed by atoms with van der Waals surface area (Å²) in [6.07, 6.45) is 0. The molecule has 1 aliphatic heterocycles. The summed E-state index contributed by atoms with van der Waals surface area (Å²) in [5.74, 6) is -2.30. The van der Waals surface area contributed by atoms with Crippen molar-refractivity contribution in [2.75, 3.05) is 29.9 Å². The van der Waals surface area contributed by atoms with Crippen molar-refractivity contribution in [2.24, 2.45) is 0 Å². The minimum atomic E-state index is -1.01. The van der Waals surface area contributed by atoms with Gasteiger partial charge in [-0.2, -0.15) is 0 Å². The van der Waals surface area contributed by atoms with Gasteiger partial charge < -0.3 is 15.3 Å². The molecule has 0 bridgehead atoms. The quantitative estimate of drug-likeness (QED) is 0.784. The molecule has 0 aliphatic carbocycles. The van der Waals surface area contributed by atoms with Gasteiger partial charge in [-0.25, -0.2) is 8.78 Å². The molecule has 0 atom stereocenters. The summed E-state index contributed by atoms with van der Waals surface area (Å²) < 4.78 is 26.6. The standard InChI is InChI=1S/C10H10F2N2O2/c11-6-1-2-7-10(9(6)12)14(3-4-15)5-8(16)13-7/h1-2,15H,3-5H2,(H,13,16). The molecule has 6 heteroatoms. The maximum absolute atomic E-state index is 13.5. The molecule has 1 aliphatic rings. The highest BCUT2D eigenvalue weighted by atomic mass is 19.2. The van der Waals surface area contributed by atoms with Crippen molar-refractivity contribution in [2.45, 2.75) is 0 Å². The molecule has 0 aromatic heterocycles. The number of anilines is 2. The number of halogens is 2. The smallest absolute Gasteiger partial charge is 0.243 e. The lowest BCUT2D eigenvalue weighted by molar-refractivity contribution is -0.115. The Bertz CT molecular complexity index is 437. The maximum Gasteiger partial charge on any atom is 0.243 e. The number of amides is 1. The number of aliphatic hydroxyl groups excluding tert-OH is 1. The zero-order valence-corrected chi connectivity index (χ0v) is 8.33. The van der Waals surface area contributed by atoms with Crippen LogP contribution in [0.2, 0.25) is 0 Å². The second kappa shape index (κ2) is 4.05. The van der Waals surface area contributed by atoms with Crippen LogP contribution in [-0.2, 0) is 4.79 Å². The minimum Gasteiger partial charge on any atom is -0.395 e. The van der Waals surface area contributed by atoms with Gasteiger partial charge >= 0.3 is 0 Å². The fourth-order valence-electron chi connectivity index (χ4n) is 1.70. The number of fused-ring (bicyclic) bond motifs is 1. The molecule has 0 radical (unpaired) electrons. The minimum absolute atomic E-state index is 0.00588. The molecule has 0 unspecified atom stereocenters. The molecular weight excluding hydrogens is 218 g/mol. The van der Waals surface area contributed by atoms with Crippen LogP contribution in [0.15, 0.2) is 12.1 Å². The van der Waals surface area contributed by atoms with E-state index >= 15 is 0 Å². The second-order valence-corrected chi connectivity index (χ2v) is 3.45. The molecule has 1 aromatic carbocycles. The molecule has 0 spiro atoms. The molecule has 16 heavy (non-hydrogen) atoms. The molecule has 2 rings (SSSR count). The van der Waals surface area contributed by atoms with Crippen LogP contribution in [0.4, 0.5) is 20.2 Å². The van der Waals surface area contributed by atoms with Gasteiger partial charge in [-0.05, 0) is 12.1 Å². The largest absolute Gasteiger partial charge is 0.395 e. The van der Waals surface area contributed by atoms with E-state index in [0.717, 1.165) is 6.07 Å². The first-order chi connectivity index (χ1) is 7.63. The van der Waals surface area contributed by atoms with E-state index in [1.165, 1.54) is 11.0 Å². The molecule has 2 N–H and O–H groups in total. The van der Waals surface area contributed by atoms with Gasteiger partial charge in [0.1, 0.15) is 5.69 Å². The van der Waals surface area contributed by atoms with Crippen molar-refractivity contribution >= 4 is 17.3 Å². The van der Waals surface area contributed by atoms with Gasteiger partial charge in [-0.15, -0.1) is 0 Å². The molecule has 4 nitrogen and oxygen atoms in total. The Balaban J connectivity index is 2.49. The number of hydrogen-bond donors (Lipinski definition) is 2. The number of aliphatic hydroxyl groups is 1. The highest BCUT2D eigenvalue weighted by Gasteiger charge is 2.26. The Morgan fingerprint density at radius 1 is 1.44 bits per heavy atom. The number of nitrogens with zero attached hydrogens (tertiary/aromatic N) is 1. The molecule has 1 amide bonds. The fraction of sp³-hybridized carbons (Fsp3) is 0.300. The van der Waals surface area contributed by atoms with Crippen LogP contribution in [-0.4, -0.2) is 30.7 Å². The number of nitrogens with one attached hydrogen (secondary N) is 1. The lowest BCUT2D eigenvalue weighted by Gasteiger charge is -2.30. The van der Waals surface area contributed by atoms with Crippen LogP contribution in [0.3, 0.4) is 0 Å². The van der Waals surface area contributed by atoms with Crippen molar-refractivity contribution in [3.63, 3.8) is 0 Å². The van der Waals surface area contributed by atoms with E-state index in [-0.39, 0.29) is 37.0 Å². The first kappa shape index (κ1) is 10.8. The fourth-order valence-corrected chi connectivity index (χ4v) is 1.70. The van der Waals surface area contributed by atoms with Crippen LogP contribution >= 0.6 is 0 Å². The second-order valence-electron chi connectivity index (χ2n) is 3.45. The van der Waals surface area contributed by atoms with Crippen molar-refractivity contribution in [3.8, 4) is 0 Å². The zero-order chi connectivity index (χ0) is 11.7. The van der Waals surface area contributed by atoms with Crippen molar-refractivity contribution in [3.05, 3.63) is 23.8 Å². The SMILES string of the molecule is O=C1CN(CCO)c2c(ccc(F)c2F)N1. The number of hydrogen-bond acceptors (Lipinski definition) is 3. The maximum atomic E-state index is 13.5. The molecular formula is C10H10F2N2O2. The first-order valence-corrected chi connectivity index (χ1v) is 4.77. The summed E-state index contributed by atoms with van der Waals surface area (Å²) in [5, 5.41) is 11.2. The topological polar surface area (TPSA) is 52.6 Å². The van der Waals surface area contributed by atoms with Gasteiger partial charge in [0.25, 0.3) is 0 Å². The predicted octanol–water partition coefficient (Wildman–Crippen LogP) is 0.716. The normalized spacial score (nSPS) is 14.7. The van der Waals surface area contributed by atoms with E-state index < -0.39 is 11.6 Å². The Kier molecular flexibility index (Phi) is 2.74. The number of carbonyl (C=O) groups excluding carboxylic acids is 1. The molecule has 0 saturated carbocycles. The van der Waals surface area contributed by atoms with E-state index in [1.54, 1.807) is 0 Å². The van der Waals surface area contributed by atoms with E-state index in [2.05, 4.69) is 5.32 Å². The summed E-state index contributed by atoms with van der Waals surface area (Å²) in [6.45, 7) is -0.239. The van der Waals surface area contributed by atoms with Crippen LogP contribution in [0, 0.1) is 11.6 Å². The molecule has 1 aromatic rings. The van der Waals surface area contributed by atoms with Crippen LogP contribution < -0.4 is 10.2 Å². The molecule has 1 heterocycles. The summed E-state index contributed by atoms with van der Waals surface area (Å²) in [4.78, 5) is 12.6. The third-order valence-corrected chi connectivity index (χ3v) is 2.36. The van der Waals surface area contributed by atoms with Gasteiger partial charge in [-0.1, -0.05) is 0 Å². The molecule has 0 saturated heterocycles. The van der Waals surface area contributed by atoms with E-state index in [4.69, 9.17) is 5.11 Å². The number of benzene rings is 1. The van der Waals surface area contributed by atoms with Gasteiger partial charge in [0.2, 0.25) is 5.91 Å². The third kappa shape index (κ3) is 1.71. The van der Waals surface area contributed by atoms with E-state index in [9.17, 15) is 13.6 Å². The van der Waals surface area contributed by atoms with E-state index in [1.807, 2.05) is 0 Å². The van der Waals surface area contributed by atoms with Crippen molar-refractivity contribution < 1.29 is 18.7 Å². The lowest BCUT2D eigenvalue weighted by atomic mass is 10.1. The third-order valence-electron chi connectivity index (χ3n) is 2.36. The number of carbonyl (C=O) groups is 1. The van der Waals surface area contributed by atoms with Gasteiger partial charge in [0.05, 0.1) is 18.8 Å². The number of rotatable bonds is 2. The number of β-amino-alcohol motifs (C(OH)–C–C–N with tert-alkyl or cyclic N) is 1. The Morgan fingerprint density at radius 2 is 2.19 bits per heavy atom. The summed E-state index contributed by atoms with van der Waals surface area (Å²) in [7, 11) is 0. The van der Waals surface area contributed by atoms with Gasteiger partial charge in [0.15, 0.2) is 11.6 Å². The highest BCUT2D eigenvalue weighted by Crippen LogP contribution is 2.33. The first-order valence-electron chi connectivity index (χ1n) is 4.77. The monoisotopic (exact) mass is 228 g/mol. The summed E-state index contributed by atoms with van der Waals surface area (Å²) in [6, 6.07) is 2.26. The van der Waals surface area contributed by atoms with Gasteiger partial charge in [0, 0.05) is 6.54 Å². The summed E-state index contributed by atoms with van der Waals surface area (Å²) in [5.41, 5.74) is 0.220. The predicted molar refractivity (Wildman–Crippen MR) is 54.3 cm³/mol. The van der Waals surface area contributed by atoms with Crippen LogP contribution in [0.1, 0.15) is 0 Å². The molecule has 86 valence electrons. The molecule has 0 fully saturated rings. The Hall–Kier alpha value is -1.69. The van der Waals surface area contributed by atoms with Crippen molar-refractivity contribution in [1.82, 2.24) is 0 Å². The highest BCUT2D eigenvalue weighted by molar-refractivity contribution is 6.01.